The Kier molecular flexibility index (Phi) is 6.46. The summed E-state index contributed by atoms with van der Waals surface area (Å²) in [7, 11) is 0. The van der Waals surface area contributed by atoms with E-state index in [1.807, 2.05) is 0 Å². The third-order valence-electron chi connectivity index (χ3n) is 3.44. The molecule has 2 atom stereocenters. The van der Waals surface area contributed by atoms with Gasteiger partial charge >= 0.3 is 0 Å². The van der Waals surface area contributed by atoms with Gasteiger partial charge in [0.05, 0.1) is 0 Å². The molecular formula is C13H25NO2. The van der Waals surface area contributed by atoms with Crippen molar-refractivity contribution in [2.45, 2.75) is 51.9 Å². The Bertz CT molecular complexity index is 206. The molecule has 0 spiro atoms. The van der Waals surface area contributed by atoms with Crippen molar-refractivity contribution < 1.29 is 9.90 Å². The molecular weight excluding hydrogens is 202 g/mol. The molecule has 1 saturated carbocycles. The van der Waals surface area contributed by atoms with E-state index in [0.717, 1.165) is 25.3 Å². The van der Waals surface area contributed by atoms with Crippen molar-refractivity contribution in [1.29, 1.82) is 0 Å². The van der Waals surface area contributed by atoms with Crippen LogP contribution in [0.2, 0.25) is 0 Å². The van der Waals surface area contributed by atoms with Gasteiger partial charge in [-0.25, -0.2) is 0 Å². The molecule has 1 aliphatic rings. The van der Waals surface area contributed by atoms with Gasteiger partial charge in [-0.2, -0.15) is 0 Å². The number of rotatable bonds is 6. The lowest BCUT2D eigenvalue weighted by Crippen LogP contribution is -2.31. The average molecular weight is 227 g/mol. The molecule has 0 aromatic carbocycles. The number of hydrogen-bond donors (Lipinski definition) is 2. The molecule has 3 heteroatoms. The standard InChI is InChI=1S/C13H25NO2/c1-11-5-4-6-12(9-11)10-14-13(16)7-2-3-8-15/h11-12,15H,2-10H2,1H3,(H,14,16). The third-order valence-corrected chi connectivity index (χ3v) is 3.44. The van der Waals surface area contributed by atoms with Gasteiger partial charge in [-0.15, -0.1) is 0 Å². The van der Waals surface area contributed by atoms with Crippen molar-refractivity contribution in [3.63, 3.8) is 0 Å². The van der Waals surface area contributed by atoms with E-state index in [1.54, 1.807) is 0 Å². The highest BCUT2D eigenvalue weighted by molar-refractivity contribution is 5.75. The van der Waals surface area contributed by atoms with Gasteiger partial charge in [0.25, 0.3) is 0 Å². The number of amides is 1. The van der Waals surface area contributed by atoms with Crippen molar-refractivity contribution in [3.05, 3.63) is 0 Å². The minimum Gasteiger partial charge on any atom is -0.396 e. The Balaban J connectivity index is 2.06. The maximum absolute atomic E-state index is 11.4. The van der Waals surface area contributed by atoms with Crippen LogP contribution in [0.25, 0.3) is 0 Å². The molecule has 1 aliphatic carbocycles. The second kappa shape index (κ2) is 7.66. The van der Waals surface area contributed by atoms with Gasteiger partial charge in [0, 0.05) is 19.6 Å². The van der Waals surface area contributed by atoms with E-state index < -0.39 is 0 Å². The van der Waals surface area contributed by atoms with E-state index in [2.05, 4.69) is 12.2 Å². The molecule has 0 aromatic heterocycles. The highest BCUT2D eigenvalue weighted by Gasteiger charge is 2.18. The summed E-state index contributed by atoms with van der Waals surface area (Å²) in [4.78, 5) is 11.4. The first-order chi connectivity index (χ1) is 7.72. The van der Waals surface area contributed by atoms with Gasteiger partial charge in [-0.1, -0.05) is 19.8 Å². The minimum atomic E-state index is 0.145. The first-order valence-electron chi connectivity index (χ1n) is 6.60. The van der Waals surface area contributed by atoms with Gasteiger partial charge in [0.15, 0.2) is 0 Å². The zero-order chi connectivity index (χ0) is 11.8. The van der Waals surface area contributed by atoms with Crippen LogP contribution >= 0.6 is 0 Å². The average Bonchev–Trinajstić information content (AvgIpc) is 2.27. The molecule has 1 amide bonds. The smallest absolute Gasteiger partial charge is 0.220 e. The van der Waals surface area contributed by atoms with Crippen LogP contribution in [0.3, 0.4) is 0 Å². The molecule has 94 valence electrons. The molecule has 16 heavy (non-hydrogen) atoms. The van der Waals surface area contributed by atoms with E-state index in [9.17, 15) is 4.79 Å². The molecule has 1 fully saturated rings. The molecule has 0 saturated heterocycles. The molecule has 0 aromatic rings. The molecule has 1 rings (SSSR count). The van der Waals surface area contributed by atoms with Crippen molar-refractivity contribution in [1.82, 2.24) is 5.32 Å². The van der Waals surface area contributed by atoms with Crippen LogP contribution < -0.4 is 5.32 Å². The maximum atomic E-state index is 11.4. The van der Waals surface area contributed by atoms with Crippen LogP contribution in [-0.2, 0) is 4.79 Å². The second-order valence-electron chi connectivity index (χ2n) is 5.12. The summed E-state index contributed by atoms with van der Waals surface area (Å²) in [5.74, 6) is 1.65. The molecule has 2 unspecified atom stereocenters. The monoisotopic (exact) mass is 227 g/mol. The topological polar surface area (TPSA) is 49.3 Å². The summed E-state index contributed by atoms with van der Waals surface area (Å²) >= 11 is 0. The predicted molar refractivity (Wildman–Crippen MR) is 65.1 cm³/mol. The fourth-order valence-corrected chi connectivity index (χ4v) is 2.49. The highest BCUT2D eigenvalue weighted by atomic mass is 16.2. The van der Waals surface area contributed by atoms with Crippen LogP contribution in [0.15, 0.2) is 0 Å². The van der Waals surface area contributed by atoms with E-state index in [-0.39, 0.29) is 12.5 Å². The number of carbonyl (C=O) groups excluding carboxylic acids is 1. The zero-order valence-corrected chi connectivity index (χ0v) is 10.4. The number of hydrogen-bond acceptors (Lipinski definition) is 2. The number of aliphatic hydroxyl groups is 1. The normalized spacial score (nSPS) is 25.4. The molecule has 3 nitrogen and oxygen atoms in total. The summed E-state index contributed by atoms with van der Waals surface area (Å²) in [6, 6.07) is 0. The lowest BCUT2D eigenvalue weighted by molar-refractivity contribution is -0.121. The quantitative estimate of drug-likeness (QED) is 0.683. The molecule has 0 bridgehead atoms. The Morgan fingerprint density at radius 1 is 1.38 bits per heavy atom. The largest absolute Gasteiger partial charge is 0.396 e. The Labute approximate surface area is 98.6 Å². The van der Waals surface area contributed by atoms with Crippen molar-refractivity contribution in [2.75, 3.05) is 13.2 Å². The van der Waals surface area contributed by atoms with Gasteiger partial charge in [-0.3, -0.25) is 4.79 Å². The van der Waals surface area contributed by atoms with Crippen LogP contribution in [0, 0.1) is 11.8 Å². The van der Waals surface area contributed by atoms with Gasteiger partial charge in [-0.05, 0) is 37.5 Å². The molecule has 0 aliphatic heterocycles. The molecule has 0 radical (unpaired) electrons. The van der Waals surface area contributed by atoms with Crippen LogP contribution in [-0.4, -0.2) is 24.2 Å². The first-order valence-corrected chi connectivity index (χ1v) is 6.60. The summed E-state index contributed by atoms with van der Waals surface area (Å²) in [5.41, 5.74) is 0. The van der Waals surface area contributed by atoms with Gasteiger partial charge in [0.2, 0.25) is 5.91 Å². The zero-order valence-electron chi connectivity index (χ0n) is 10.4. The summed E-state index contributed by atoms with van der Waals surface area (Å²) in [5, 5.41) is 11.6. The van der Waals surface area contributed by atoms with Gasteiger partial charge < -0.3 is 10.4 Å². The van der Waals surface area contributed by atoms with E-state index in [1.165, 1.54) is 25.7 Å². The van der Waals surface area contributed by atoms with Crippen molar-refractivity contribution >= 4 is 5.91 Å². The van der Waals surface area contributed by atoms with E-state index in [0.29, 0.717) is 12.3 Å². The Morgan fingerprint density at radius 2 is 2.19 bits per heavy atom. The minimum absolute atomic E-state index is 0.145. The third kappa shape index (κ3) is 5.50. The SMILES string of the molecule is CC1CCCC(CNC(=O)CCCCO)C1. The number of nitrogens with one attached hydrogen (secondary N) is 1. The lowest BCUT2D eigenvalue weighted by atomic mass is 9.82. The predicted octanol–water partition coefficient (Wildman–Crippen LogP) is 2.09. The first kappa shape index (κ1) is 13.5. The fourth-order valence-electron chi connectivity index (χ4n) is 2.49. The van der Waals surface area contributed by atoms with Crippen LogP contribution in [0.5, 0.6) is 0 Å². The second-order valence-corrected chi connectivity index (χ2v) is 5.12. The Hall–Kier alpha value is -0.570. The summed E-state index contributed by atoms with van der Waals surface area (Å²) < 4.78 is 0. The van der Waals surface area contributed by atoms with Gasteiger partial charge in [0.1, 0.15) is 0 Å². The summed E-state index contributed by atoms with van der Waals surface area (Å²) in [6.07, 6.45) is 7.27. The van der Waals surface area contributed by atoms with Crippen LogP contribution in [0.4, 0.5) is 0 Å². The highest BCUT2D eigenvalue weighted by Crippen LogP contribution is 2.27. The molecule has 2 N–H and O–H groups in total. The van der Waals surface area contributed by atoms with Crippen molar-refractivity contribution in [3.8, 4) is 0 Å². The van der Waals surface area contributed by atoms with Crippen LogP contribution in [0.1, 0.15) is 51.9 Å². The summed E-state index contributed by atoms with van der Waals surface area (Å²) in [6.45, 7) is 3.34. The Morgan fingerprint density at radius 3 is 2.88 bits per heavy atom. The molecule has 0 heterocycles. The van der Waals surface area contributed by atoms with E-state index >= 15 is 0 Å². The van der Waals surface area contributed by atoms with E-state index in [4.69, 9.17) is 5.11 Å². The van der Waals surface area contributed by atoms with Crippen molar-refractivity contribution in [2.24, 2.45) is 11.8 Å². The lowest BCUT2D eigenvalue weighted by Gasteiger charge is -2.26. The number of unbranched alkanes of at least 4 members (excludes halogenated alkanes) is 1. The fraction of sp³-hybridized carbons (Fsp3) is 0.923. The number of carbonyl (C=O) groups is 1. The maximum Gasteiger partial charge on any atom is 0.220 e. The number of aliphatic hydroxyl groups excluding tert-OH is 1.